The number of sulfonamides is 1. The fraction of sp³-hybridized carbons (Fsp3) is 0.286. The minimum atomic E-state index is -3.78. The van der Waals surface area contributed by atoms with Gasteiger partial charge in [0.1, 0.15) is 11.5 Å². The van der Waals surface area contributed by atoms with Crippen molar-refractivity contribution < 1.29 is 22.3 Å². The van der Waals surface area contributed by atoms with Crippen LogP contribution in [0.25, 0.3) is 0 Å². The zero-order chi connectivity index (χ0) is 22.6. The van der Waals surface area contributed by atoms with Gasteiger partial charge in [0.25, 0.3) is 15.9 Å². The van der Waals surface area contributed by atoms with Crippen LogP contribution in [0.4, 0.5) is 9.52 Å². The molecule has 0 saturated carbocycles. The lowest BCUT2D eigenvalue weighted by Crippen LogP contribution is -2.36. The van der Waals surface area contributed by atoms with E-state index in [2.05, 4.69) is 14.7 Å². The smallest absolute Gasteiger partial charge is 0.273 e. The van der Waals surface area contributed by atoms with E-state index in [4.69, 9.17) is 4.74 Å². The second-order valence-corrected chi connectivity index (χ2v) is 9.86. The Balaban J connectivity index is 1.43. The van der Waals surface area contributed by atoms with Crippen LogP contribution in [0, 0.1) is 11.7 Å². The van der Waals surface area contributed by atoms with Gasteiger partial charge in [0.05, 0.1) is 24.3 Å². The first-order valence-electron chi connectivity index (χ1n) is 9.91. The molecule has 1 amide bonds. The lowest BCUT2D eigenvalue weighted by atomic mass is 10.0. The Bertz CT molecular complexity index is 1170. The maximum absolute atomic E-state index is 13.1. The predicted molar refractivity (Wildman–Crippen MR) is 117 cm³/mol. The normalized spacial score (nSPS) is 17.0. The van der Waals surface area contributed by atoms with Gasteiger partial charge in [-0.05, 0) is 30.7 Å². The van der Waals surface area contributed by atoms with E-state index in [-0.39, 0.29) is 27.5 Å². The summed E-state index contributed by atoms with van der Waals surface area (Å²) in [5, 5.41) is 1.66. The molecule has 1 N–H and O–H groups in total. The summed E-state index contributed by atoms with van der Waals surface area (Å²) < 4.78 is 46.1. The van der Waals surface area contributed by atoms with Crippen molar-refractivity contribution in [3.05, 3.63) is 71.2 Å². The third-order valence-corrected chi connectivity index (χ3v) is 7.15. The molecule has 1 aromatic carbocycles. The highest BCUT2D eigenvalue weighted by Gasteiger charge is 2.26. The largest absolute Gasteiger partial charge is 0.379 e. The van der Waals surface area contributed by atoms with Crippen molar-refractivity contribution in [2.45, 2.75) is 11.3 Å². The number of aromatic nitrogens is 2. The number of carbonyl (C=O) groups excluding carboxylic acids is 1. The second-order valence-electron chi connectivity index (χ2n) is 7.32. The van der Waals surface area contributed by atoms with E-state index in [1.807, 2.05) is 0 Å². The second kappa shape index (κ2) is 9.72. The van der Waals surface area contributed by atoms with Gasteiger partial charge in [-0.15, -0.1) is 11.3 Å². The average molecular weight is 477 g/mol. The van der Waals surface area contributed by atoms with Crippen molar-refractivity contribution in [2.75, 3.05) is 31.0 Å². The number of amides is 1. The molecule has 168 valence electrons. The molecule has 1 aliphatic heterocycles. The number of anilines is 1. The first-order valence-corrected chi connectivity index (χ1v) is 12.3. The number of hydrogen-bond acceptors (Lipinski definition) is 7. The Morgan fingerprint density at radius 3 is 2.81 bits per heavy atom. The molecule has 8 nitrogen and oxygen atoms in total. The van der Waals surface area contributed by atoms with Crippen LogP contribution in [0.3, 0.4) is 0 Å². The SMILES string of the molecule is O=C(c1csc(NS(=O)(=O)c2ccccc2)n1)N1CCOCC(Cc2ccc(F)cn2)C1. The highest BCUT2D eigenvalue weighted by atomic mass is 32.2. The van der Waals surface area contributed by atoms with Gasteiger partial charge in [-0.25, -0.2) is 17.8 Å². The van der Waals surface area contributed by atoms with E-state index in [0.29, 0.717) is 32.7 Å². The van der Waals surface area contributed by atoms with Crippen molar-refractivity contribution >= 4 is 32.4 Å². The first kappa shape index (κ1) is 22.3. The molecule has 1 unspecified atom stereocenters. The number of ether oxygens (including phenoxy) is 1. The van der Waals surface area contributed by atoms with Crippen LogP contribution in [-0.2, 0) is 21.2 Å². The summed E-state index contributed by atoms with van der Waals surface area (Å²) in [5.41, 5.74) is 0.891. The molecule has 1 fully saturated rings. The molecule has 1 aliphatic rings. The number of carbonyl (C=O) groups is 1. The zero-order valence-electron chi connectivity index (χ0n) is 17.0. The number of nitrogens with zero attached hydrogens (tertiary/aromatic N) is 3. The van der Waals surface area contributed by atoms with Crippen molar-refractivity contribution in [2.24, 2.45) is 5.92 Å². The van der Waals surface area contributed by atoms with Crippen LogP contribution in [0.15, 0.2) is 58.9 Å². The van der Waals surface area contributed by atoms with Gasteiger partial charge >= 0.3 is 0 Å². The molecule has 0 radical (unpaired) electrons. The van der Waals surface area contributed by atoms with Crippen LogP contribution in [0.5, 0.6) is 0 Å². The van der Waals surface area contributed by atoms with Crippen molar-refractivity contribution in [1.29, 1.82) is 0 Å². The topological polar surface area (TPSA) is 101 Å². The molecule has 3 aromatic rings. The van der Waals surface area contributed by atoms with E-state index < -0.39 is 15.8 Å². The summed E-state index contributed by atoms with van der Waals surface area (Å²) in [4.78, 5) is 23.0. The minimum Gasteiger partial charge on any atom is -0.379 e. The number of benzene rings is 1. The highest BCUT2D eigenvalue weighted by Crippen LogP contribution is 2.22. The number of nitrogens with one attached hydrogen (secondary N) is 1. The molecular weight excluding hydrogens is 455 g/mol. The number of halogens is 1. The Morgan fingerprint density at radius 1 is 1.25 bits per heavy atom. The predicted octanol–water partition coefficient (Wildman–Crippen LogP) is 2.81. The average Bonchev–Trinajstić information content (AvgIpc) is 3.12. The molecule has 0 aliphatic carbocycles. The molecule has 1 atom stereocenters. The van der Waals surface area contributed by atoms with Gasteiger partial charge in [0.15, 0.2) is 5.13 Å². The van der Waals surface area contributed by atoms with Crippen molar-refractivity contribution in [3.8, 4) is 0 Å². The van der Waals surface area contributed by atoms with Gasteiger partial charge in [0, 0.05) is 30.1 Å². The Morgan fingerprint density at radius 2 is 2.06 bits per heavy atom. The fourth-order valence-corrected chi connectivity index (χ4v) is 5.32. The number of thiazole rings is 1. The number of rotatable bonds is 6. The molecule has 2 aromatic heterocycles. The van der Waals surface area contributed by atoms with Gasteiger partial charge < -0.3 is 9.64 Å². The van der Waals surface area contributed by atoms with Crippen molar-refractivity contribution in [3.63, 3.8) is 0 Å². The Hall–Kier alpha value is -2.89. The van der Waals surface area contributed by atoms with Gasteiger partial charge in [-0.2, -0.15) is 0 Å². The summed E-state index contributed by atoms with van der Waals surface area (Å²) in [6.45, 7) is 1.67. The van der Waals surface area contributed by atoms with Gasteiger partial charge in [-0.1, -0.05) is 18.2 Å². The van der Waals surface area contributed by atoms with Gasteiger partial charge in [-0.3, -0.25) is 14.5 Å². The first-order chi connectivity index (χ1) is 15.4. The summed E-state index contributed by atoms with van der Waals surface area (Å²) in [5.74, 6) is -0.701. The third kappa shape index (κ3) is 5.47. The molecule has 1 saturated heterocycles. The Labute approximate surface area is 189 Å². The summed E-state index contributed by atoms with van der Waals surface area (Å²) in [7, 11) is -3.78. The molecule has 3 heterocycles. The Kier molecular flexibility index (Phi) is 6.77. The van der Waals surface area contributed by atoms with Crippen LogP contribution in [0.1, 0.15) is 16.2 Å². The van der Waals surface area contributed by atoms with E-state index >= 15 is 0 Å². The number of hydrogen-bond donors (Lipinski definition) is 1. The molecular formula is C21H21FN4O4S2. The fourth-order valence-electron chi connectivity index (χ4n) is 3.37. The third-order valence-electron chi connectivity index (χ3n) is 4.91. The molecule has 32 heavy (non-hydrogen) atoms. The molecule has 0 bridgehead atoms. The van der Waals surface area contributed by atoms with Crippen LogP contribution in [0.2, 0.25) is 0 Å². The molecule has 4 rings (SSSR count). The summed E-state index contributed by atoms with van der Waals surface area (Å²) >= 11 is 1.05. The van der Waals surface area contributed by atoms with E-state index in [0.717, 1.165) is 17.0 Å². The molecule has 0 spiro atoms. The van der Waals surface area contributed by atoms with Crippen LogP contribution < -0.4 is 4.72 Å². The number of pyridine rings is 1. The summed E-state index contributed by atoms with van der Waals surface area (Å²) in [6, 6.07) is 10.9. The van der Waals surface area contributed by atoms with Gasteiger partial charge in [0.2, 0.25) is 0 Å². The van der Waals surface area contributed by atoms with E-state index in [9.17, 15) is 17.6 Å². The maximum atomic E-state index is 13.1. The monoisotopic (exact) mass is 476 g/mol. The quantitative estimate of drug-likeness (QED) is 0.587. The van der Waals surface area contributed by atoms with Crippen LogP contribution in [-0.4, -0.2) is 55.5 Å². The standard InChI is InChI=1S/C21H21FN4O4S2/c22-16-6-7-17(23-11-16)10-15-12-26(8-9-30-13-15)20(27)19-14-31-21(24-19)25-32(28,29)18-4-2-1-3-5-18/h1-7,11,14-15H,8-10,12-13H2,(H,24,25). The maximum Gasteiger partial charge on any atom is 0.273 e. The zero-order valence-corrected chi connectivity index (χ0v) is 18.6. The van der Waals surface area contributed by atoms with Crippen LogP contribution >= 0.6 is 11.3 Å². The molecule has 11 heteroatoms. The van der Waals surface area contributed by atoms with Crippen molar-refractivity contribution in [1.82, 2.24) is 14.9 Å². The van der Waals surface area contributed by atoms with E-state index in [1.165, 1.54) is 29.8 Å². The lowest BCUT2D eigenvalue weighted by Gasteiger charge is -2.22. The lowest BCUT2D eigenvalue weighted by molar-refractivity contribution is 0.0732. The summed E-state index contributed by atoms with van der Waals surface area (Å²) in [6.07, 6.45) is 1.71. The highest BCUT2D eigenvalue weighted by molar-refractivity contribution is 7.93. The van der Waals surface area contributed by atoms with E-state index in [1.54, 1.807) is 29.2 Å². The minimum absolute atomic E-state index is 0.00546.